The van der Waals surface area contributed by atoms with Crippen molar-refractivity contribution < 1.29 is 18.3 Å². The number of nitrogens with one attached hydrogen (secondary N) is 1. The van der Waals surface area contributed by atoms with E-state index in [4.69, 9.17) is 4.74 Å². The smallest absolute Gasteiger partial charge is 0.244 e. The maximum Gasteiger partial charge on any atom is 0.244 e. The summed E-state index contributed by atoms with van der Waals surface area (Å²) < 4.78 is 32.7. The van der Waals surface area contributed by atoms with Gasteiger partial charge >= 0.3 is 0 Å². The number of carbonyl (C=O) groups is 1. The third-order valence-corrected chi connectivity index (χ3v) is 4.46. The zero-order chi connectivity index (χ0) is 19.2. The summed E-state index contributed by atoms with van der Waals surface area (Å²) in [4.78, 5) is 14.1. The number of morpholine rings is 1. The van der Waals surface area contributed by atoms with Gasteiger partial charge in [-0.3, -0.25) is 4.79 Å². The Bertz CT molecular complexity index is 833. The Labute approximate surface area is 157 Å². The van der Waals surface area contributed by atoms with Crippen LogP contribution in [0, 0.1) is 11.6 Å². The van der Waals surface area contributed by atoms with Crippen LogP contribution in [-0.2, 0) is 9.53 Å². The van der Waals surface area contributed by atoms with E-state index in [9.17, 15) is 13.6 Å². The van der Waals surface area contributed by atoms with E-state index in [1.165, 1.54) is 24.3 Å². The van der Waals surface area contributed by atoms with Crippen LogP contribution < -0.4 is 10.2 Å². The van der Waals surface area contributed by atoms with Crippen LogP contribution in [0.5, 0.6) is 0 Å². The molecular formula is C21H22F2N2O2. The first-order valence-corrected chi connectivity index (χ1v) is 8.89. The predicted octanol–water partition coefficient (Wildman–Crippen LogP) is 3.69. The van der Waals surface area contributed by atoms with E-state index in [2.05, 4.69) is 5.32 Å². The minimum Gasteiger partial charge on any atom is -0.378 e. The van der Waals surface area contributed by atoms with Gasteiger partial charge in [0.05, 0.1) is 24.9 Å². The first-order valence-electron chi connectivity index (χ1n) is 8.89. The van der Waals surface area contributed by atoms with Crippen LogP contribution in [0.15, 0.2) is 48.5 Å². The molecule has 4 nitrogen and oxygen atoms in total. The fraction of sp³-hybridized carbons (Fsp3) is 0.286. The summed E-state index contributed by atoms with van der Waals surface area (Å²) in [6.07, 6.45) is 2.91. The second kappa shape index (κ2) is 8.77. The molecule has 0 spiro atoms. The molecule has 27 heavy (non-hydrogen) atoms. The lowest BCUT2D eigenvalue weighted by molar-refractivity contribution is -0.117. The second-order valence-electron chi connectivity index (χ2n) is 6.43. The van der Waals surface area contributed by atoms with Crippen LogP contribution in [0.1, 0.15) is 24.1 Å². The van der Waals surface area contributed by atoms with Crippen molar-refractivity contribution in [3.05, 3.63) is 71.3 Å². The van der Waals surface area contributed by atoms with Gasteiger partial charge in [0, 0.05) is 19.2 Å². The zero-order valence-electron chi connectivity index (χ0n) is 15.1. The Balaban J connectivity index is 1.66. The van der Waals surface area contributed by atoms with Gasteiger partial charge in [-0.05, 0) is 48.4 Å². The molecule has 1 amide bonds. The SMILES string of the molecule is CC(NC(=O)C=Cc1cccc(F)c1)c1ccc(F)c(N2CCOCC2)c1. The number of carbonyl (C=O) groups excluding carboxylic acids is 1. The highest BCUT2D eigenvalue weighted by atomic mass is 19.1. The lowest BCUT2D eigenvalue weighted by Crippen LogP contribution is -2.37. The molecule has 0 aliphatic carbocycles. The monoisotopic (exact) mass is 372 g/mol. The van der Waals surface area contributed by atoms with Crippen molar-refractivity contribution >= 4 is 17.7 Å². The molecule has 0 radical (unpaired) electrons. The highest BCUT2D eigenvalue weighted by molar-refractivity contribution is 5.92. The fourth-order valence-corrected chi connectivity index (χ4v) is 2.97. The summed E-state index contributed by atoms with van der Waals surface area (Å²) in [7, 11) is 0. The number of nitrogens with zero attached hydrogens (tertiary/aromatic N) is 1. The van der Waals surface area contributed by atoms with Gasteiger partial charge in [-0.25, -0.2) is 8.78 Å². The summed E-state index contributed by atoms with van der Waals surface area (Å²) in [5.74, 6) is -0.943. The third kappa shape index (κ3) is 5.14. The molecule has 0 bridgehead atoms. The average Bonchev–Trinajstić information content (AvgIpc) is 2.67. The Morgan fingerprint density at radius 2 is 1.96 bits per heavy atom. The number of ether oxygens (including phenoxy) is 1. The van der Waals surface area contributed by atoms with E-state index in [1.54, 1.807) is 30.3 Å². The molecule has 1 N–H and O–H groups in total. The lowest BCUT2D eigenvalue weighted by Gasteiger charge is -2.29. The Morgan fingerprint density at radius 3 is 2.70 bits per heavy atom. The molecule has 1 fully saturated rings. The number of benzene rings is 2. The zero-order valence-corrected chi connectivity index (χ0v) is 15.1. The Kier molecular flexibility index (Phi) is 6.19. The molecule has 2 aromatic rings. The van der Waals surface area contributed by atoms with Crippen LogP contribution in [0.2, 0.25) is 0 Å². The molecule has 0 aromatic heterocycles. The Hall–Kier alpha value is -2.73. The first kappa shape index (κ1) is 19.0. The second-order valence-corrected chi connectivity index (χ2v) is 6.43. The molecule has 2 aromatic carbocycles. The van der Waals surface area contributed by atoms with E-state index in [0.29, 0.717) is 37.6 Å². The molecule has 1 aliphatic rings. The molecule has 1 saturated heterocycles. The molecule has 1 atom stereocenters. The molecule has 142 valence electrons. The van der Waals surface area contributed by atoms with Crippen LogP contribution in [0.25, 0.3) is 6.08 Å². The van der Waals surface area contributed by atoms with Gasteiger partial charge < -0.3 is 15.0 Å². The topological polar surface area (TPSA) is 41.6 Å². The third-order valence-electron chi connectivity index (χ3n) is 4.46. The van der Waals surface area contributed by atoms with Crippen LogP contribution in [0.3, 0.4) is 0 Å². The molecule has 1 unspecified atom stereocenters. The van der Waals surface area contributed by atoms with Crippen LogP contribution in [-0.4, -0.2) is 32.2 Å². The van der Waals surface area contributed by atoms with Gasteiger partial charge in [-0.15, -0.1) is 0 Å². The van der Waals surface area contributed by atoms with Gasteiger partial charge in [0.15, 0.2) is 0 Å². The van der Waals surface area contributed by atoms with Gasteiger partial charge in [0.2, 0.25) is 5.91 Å². The van der Waals surface area contributed by atoms with Gasteiger partial charge in [0.25, 0.3) is 0 Å². The molecule has 1 heterocycles. The van der Waals surface area contributed by atoms with Crippen LogP contribution in [0.4, 0.5) is 14.5 Å². The van der Waals surface area contributed by atoms with E-state index < -0.39 is 0 Å². The number of rotatable bonds is 5. The van der Waals surface area contributed by atoms with Gasteiger partial charge in [0.1, 0.15) is 11.6 Å². The molecule has 1 aliphatic heterocycles. The number of amides is 1. The van der Waals surface area contributed by atoms with Crippen LogP contribution >= 0.6 is 0 Å². The number of halogens is 2. The van der Waals surface area contributed by atoms with Crippen molar-refractivity contribution in [1.29, 1.82) is 0 Å². The highest BCUT2D eigenvalue weighted by Gasteiger charge is 2.17. The predicted molar refractivity (Wildman–Crippen MR) is 101 cm³/mol. The van der Waals surface area contributed by atoms with E-state index in [1.807, 2.05) is 11.8 Å². The van der Waals surface area contributed by atoms with Crippen molar-refractivity contribution in [3.8, 4) is 0 Å². The first-order chi connectivity index (χ1) is 13.0. The summed E-state index contributed by atoms with van der Waals surface area (Å²) in [6.45, 7) is 4.25. The van der Waals surface area contributed by atoms with Crippen molar-refractivity contribution in [2.75, 3.05) is 31.2 Å². The quantitative estimate of drug-likeness (QED) is 0.814. The molecule has 6 heteroatoms. The standard InChI is InChI=1S/C21H22F2N2O2/c1-15(24-21(26)8-5-16-3-2-4-18(22)13-16)17-6-7-19(23)20(14-17)25-9-11-27-12-10-25/h2-8,13-15H,9-12H2,1H3,(H,24,26). The van der Waals surface area contributed by atoms with E-state index >= 15 is 0 Å². The molecule has 0 saturated carbocycles. The maximum atomic E-state index is 14.2. The number of hydrogen-bond donors (Lipinski definition) is 1. The van der Waals surface area contributed by atoms with Gasteiger partial charge in [-0.2, -0.15) is 0 Å². The molecule has 3 rings (SSSR count). The minimum absolute atomic E-state index is 0.287. The summed E-state index contributed by atoms with van der Waals surface area (Å²) in [5.41, 5.74) is 1.94. The summed E-state index contributed by atoms with van der Waals surface area (Å²) in [5, 5.41) is 2.85. The highest BCUT2D eigenvalue weighted by Crippen LogP contribution is 2.25. The summed E-state index contributed by atoms with van der Waals surface area (Å²) in [6, 6.07) is 10.6. The van der Waals surface area contributed by atoms with Crippen molar-refractivity contribution in [2.24, 2.45) is 0 Å². The Morgan fingerprint density at radius 1 is 1.19 bits per heavy atom. The number of hydrogen-bond acceptors (Lipinski definition) is 3. The maximum absolute atomic E-state index is 14.2. The van der Waals surface area contributed by atoms with E-state index in [0.717, 1.165) is 5.56 Å². The normalized spacial score (nSPS) is 15.7. The average molecular weight is 372 g/mol. The van der Waals surface area contributed by atoms with Crippen molar-refractivity contribution in [1.82, 2.24) is 5.32 Å². The number of anilines is 1. The molecular weight excluding hydrogens is 350 g/mol. The van der Waals surface area contributed by atoms with Crippen molar-refractivity contribution in [3.63, 3.8) is 0 Å². The summed E-state index contributed by atoms with van der Waals surface area (Å²) >= 11 is 0. The van der Waals surface area contributed by atoms with Gasteiger partial charge in [-0.1, -0.05) is 18.2 Å². The minimum atomic E-state index is -0.354. The fourth-order valence-electron chi connectivity index (χ4n) is 2.97. The largest absolute Gasteiger partial charge is 0.378 e. The van der Waals surface area contributed by atoms with Crippen molar-refractivity contribution in [2.45, 2.75) is 13.0 Å². The lowest BCUT2D eigenvalue weighted by atomic mass is 10.1. The van der Waals surface area contributed by atoms with E-state index in [-0.39, 0.29) is 23.6 Å².